The molecule has 8 heteroatoms. The van der Waals surface area contributed by atoms with Crippen LogP contribution in [-0.4, -0.2) is 60.4 Å². The Morgan fingerprint density at radius 3 is 2.21 bits per heavy atom. The first-order valence-electron chi connectivity index (χ1n) is 11.6. The van der Waals surface area contributed by atoms with Crippen LogP contribution in [0.5, 0.6) is 0 Å². The molecule has 0 radical (unpaired) electrons. The van der Waals surface area contributed by atoms with E-state index in [2.05, 4.69) is 10.6 Å². The van der Waals surface area contributed by atoms with E-state index in [0.29, 0.717) is 31.1 Å². The number of ether oxygens (including phenoxy) is 1. The van der Waals surface area contributed by atoms with Crippen molar-refractivity contribution in [3.63, 3.8) is 0 Å². The van der Waals surface area contributed by atoms with Gasteiger partial charge in [0.15, 0.2) is 5.78 Å². The van der Waals surface area contributed by atoms with Gasteiger partial charge in [-0.05, 0) is 46.5 Å². The highest BCUT2D eigenvalue weighted by atomic mass is 16.6. The molecule has 0 bridgehead atoms. The van der Waals surface area contributed by atoms with Crippen molar-refractivity contribution in [2.24, 2.45) is 5.92 Å². The minimum Gasteiger partial charge on any atom is -0.444 e. The number of piperidine rings is 1. The fourth-order valence-electron chi connectivity index (χ4n) is 3.59. The molecule has 0 aromatic heterocycles. The smallest absolute Gasteiger partial charge is 0.407 e. The topological polar surface area (TPSA) is 105 Å². The zero-order chi connectivity index (χ0) is 24.4. The summed E-state index contributed by atoms with van der Waals surface area (Å²) >= 11 is 0. The van der Waals surface area contributed by atoms with Gasteiger partial charge in [0, 0.05) is 51.0 Å². The lowest BCUT2D eigenvalue weighted by Gasteiger charge is -2.32. The Kier molecular flexibility index (Phi) is 9.88. The van der Waals surface area contributed by atoms with E-state index in [1.165, 1.54) is 0 Å². The predicted octanol–water partition coefficient (Wildman–Crippen LogP) is 3.23. The number of carbonyl (C=O) groups excluding carboxylic acids is 4. The van der Waals surface area contributed by atoms with Crippen LogP contribution in [0.15, 0.2) is 24.3 Å². The van der Waals surface area contributed by atoms with E-state index in [0.717, 1.165) is 18.4 Å². The maximum Gasteiger partial charge on any atom is 0.407 e. The van der Waals surface area contributed by atoms with Gasteiger partial charge in [-0.25, -0.2) is 4.79 Å². The maximum atomic E-state index is 12.4. The summed E-state index contributed by atoms with van der Waals surface area (Å²) in [4.78, 5) is 50.1. The fourth-order valence-corrected chi connectivity index (χ4v) is 3.59. The Morgan fingerprint density at radius 2 is 1.61 bits per heavy atom. The van der Waals surface area contributed by atoms with Gasteiger partial charge in [-0.2, -0.15) is 0 Å². The second kappa shape index (κ2) is 12.4. The highest BCUT2D eigenvalue weighted by Gasteiger charge is 2.23. The number of ketones is 1. The van der Waals surface area contributed by atoms with Gasteiger partial charge in [-0.1, -0.05) is 29.8 Å². The van der Waals surface area contributed by atoms with Crippen molar-refractivity contribution in [1.29, 1.82) is 0 Å². The molecule has 1 aliphatic heterocycles. The van der Waals surface area contributed by atoms with Crippen LogP contribution in [0.2, 0.25) is 0 Å². The number of likely N-dealkylation sites (tertiary alicyclic amines) is 1. The van der Waals surface area contributed by atoms with Crippen LogP contribution in [0.4, 0.5) is 4.79 Å². The molecule has 0 saturated carbocycles. The molecule has 2 rings (SSSR count). The van der Waals surface area contributed by atoms with Crippen LogP contribution in [0.3, 0.4) is 0 Å². The first-order valence-corrected chi connectivity index (χ1v) is 11.6. The van der Waals surface area contributed by atoms with Crippen molar-refractivity contribution in [1.82, 2.24) is 15.5 Å². The lowest BCUT2D eigenvalue weighted by molar-refractivity contribution is -0.132. The molecule has 1 aromatic rings. The summed E-state index contributed by atoms with van der Waals surface area (Å²) in [5, 5.41) is 5.52. The fraction of sp³-hybridized carbons (Fsp3) is 0.600. The van der Waals surface area contributed by atoms with E-state index in [9.17, 15) is 19.2 Å². The molecule has 182 valence electrons. The third-order valence-electron chi connectivity index (χ3n) is 5.51. The van der Waals surface area contributed by atoms with Crippen LogP contribution in [0.25, 0.3) is 0 Å². The average Bonchev–Trinajstić information content (AvgIpc) is 2.75. The Bertz CT molecular complexity index is 821. The summed E-state index contributed by atoms with van der Waals surface area (Å²) in [6.07, 6.45) is 1.70. The second-order valence-electron chi connectivity index (χ2n) is 9.60. The molecular formula is C25H37N3O5. The van der Waals surface area contributed by atoms with Gasteiger partial charge in [0.1, 0.15) is 5.60 Å². The van der Waals surface area contributed by atoms with Gasteiger partial charge >= 0.3 is 6.09 Å². The number of hydrogen-bond donors (Lipinski definition) is 2. The Hall–Kier alpha value is -2.90. The summed E-state index contributed by atoms with van der Waals surface area (Å²) < 4.78 is 5.15. The lowest BCUT2D eigenvalue weighted by atomic mass is 9.96. The molecule has 1 fully saturated rings. The molecule has 1 aromatic carbocycles. The zero-order valence-corrected chi connectivity index (χ0v) is 20.2. The highest BCUT2D eigenvalue weighted by molar-refractivity contribution is 5.97. The number of nitrogens with one attached hydrogen (secondary N) is 2. The van der Waals surface area contributed by atoms with Gasteiger partial charge in [-0.3, -0.25) is 14.4 Å². The van der Waals surface area contributed by atoms with Gasteiger partial charge in [0.2, 0.25) is 11.8 Å². The van der Waals surface area contributed by atoms with Gasteiger partial charge < -0.3 is 20.3 Å². The molecule has 1 aliphatic rings. The summed E-state index contributed by atoms with van der Waals surface area (Å²) in [5.74, 6) is 0.161. The Balaban J connectivity index is 1.59. The number of nitrogens with zero attached hydrogens (tertiary/aromatic N) is 1. The number of rotatable bonds is 9. The van der Waals surface area contributed by atoms with Crippen LogP contribution < -0.4 is 10.6 Å². The van der Waals surface area contributed by atoms with E-state index < -0.39 is 11.7 Å². The zero-order valence-electron chi connectivity index (χ0n) is 20.2. The van der Waals surface area contributed by atoms with E-state index >= 15 is 0 Å². The third-order valence-corrected chi connectivity index (χ3v) is 5.51. The molecule has 8 nitrogen and oxygen atoms in total. The second-order valence-corrected chi connectivity index (χ2v) is 9.60. The molecule has 3 amide bonds. The van der Waals surface area contributed by atoms with E-state index in [-0.39, 0.29) is 43.4 Å². The SMILES string of the molecule is Cc1ccc(C(=O)CCC(=O)NCC2CCN(C(=O)CCNC(=O)OC(C)(C)C)CC2)cc1. The summed E-state index contributed by atoms with van der Waals surface area (Å²) in [6, 6.07) is 7.36. The maximum absolute atomic E-state index is 12.4. The monoisotopic (exact) mass is 459 g/mol. The molecule has 0 atom stereocenters. The predicted molar refractivity (Wildman–Crippen MR) is 126 cm³/mol. The number of carbonyl (C=O) groups is 4. The standard InChI is InChI=1S/C25H37N3O5/c1-18-5-7-20(8-6-18)21(29)9-10-22(30)27-17-19-12-15-28(16-13-19)23(31)11-14-26-24(32)33-25(2,3)4/h5-8,19H,9-17H2,1-4H3,(H,26,32)(H,27,30). The number of aryl methyl sites for hydroxylation is 1. The molecule has 33 heavy (non-hydrogen) atoms. The van der Waals surface area contributed by atoms with Crippen molar-refractivity contribution < 1.29 is 23.9 Å². The van der Waals surface area contributed by atoms with E-state index in [4.69, 9.17) is 4.74 Å². The van der Waals surface area contributed by atoms with Crippen molar-refractivity contribution in [3.05, 3.63) is 35.4 Å². The lowest BCUT2D eigenvalue weighted by Crippen LogP contribution is -2.42. The first kappa shape index (κ1) is 26.4. The van der Waals surface area contributed by atoms with Crippen LogP contribution in [0.1, 0.15) is 68.8 Å². The normalized spacial score (nSPS) is 14.5. The molecule has 0 aliphatic carbocycles. The number of alkyl carbamates (subject to hydrolysis) is 1. The third kappa shape index (κ3) is 10.1. The van der Waals surface area contributed by atoms with E-state index in [1.54, 1.807) is 37.8 Å². The van der Waals surface area contributed by atoms with Crippen molar-refractivity contribution >= 4 is 23.7 Å². The van der Waals surface area contributed by atoms with Crippen LogP contribution >= 0.6 is 0 Å². The number of benzene rings is 1. The summed E-state index contributed by atoms with van der Waals surface area (Å²) in [6.45, 7) is 9.39. The summed E-state index contributed by atoms with van der Waals surface area (Å²) in [7, 11) is 0. The minimum absolute atomic E-state index is 0.00293. The van der Waals surface area contributed by atoms with E-state index in [1.807, 2.05) is 19.1 Å². The number of Topliss-reactive ketones (excluding diaryl/α,β-unsaturated/α-hetero) is 1. The Morgan fingerprint density at radius 1 is 0.970 bits per heavy atom. The molecule has 0 unspecified atom stereocenters. The highest BCUT2D eigenvalue weighted by Crippen LogP contribution is 2.17. The van der Waals surface area contributed by atoms with Gasteiger partial charge in [-0.15, -0.1) is 0 Å². The first-order chi connectivity index (χ1) is 15.5. The minimum atomic E-state index is -0.567. The number of amides is 3. The van der Waals surface area contributed by atoms with Crippen LogP contribution in [-0.2, 0) is 14.3 Å². The molecule has 1 heterocycles. The van der Waals surface area contributed by atoms with Crippen molar-refractivity contribution in [2.45, 2.75) is 65.4 Å². The van der Waals surface area contributed by atoms with Crippen molar-refractivity contribution in [3.8, 4) is 0 Å². The van der Waals surface area contributed by atoms with Gasteiger partial charge in [0.25, 0.3) is 0 Å². The van der Waals surface area contributed by atoms with Crippen molar-refractivity contribution in [2.75, 3.05) is 26.2 Å². The quantitative estimate of drug-likeness (QED) is 0.552. The number of hydrogen-bond acceptors (Lipinski definition) is 5. The van der Waals surface area contributed by atoms with Gasteiger partial charge in [0.05, 0.1) is 0 Å². The molecular weight excluding hydrogens is 422 g/mol. The summed E-state index contributed by atoms with van der Waals surface area (Å²) in [5.41, 5.74) is 1.16. The molecule has 2 N–H and O–H groups in total. The molecule has 0 spiro atoms. The average molecular weight is 460 g/mol. The largest absolute Gasteiger partial charge is 0.444 e. The Labute approximate surface area is 196 Å². The van der Waals surface area contributed by atoms with Crippen LogP contribution in [0, 0.1) is 12.8 Å². The molecule has 1 saturated heterocycles.